The molecule has 1 fully saturated rings. The van der Waals surface area contributed by atoms with Crippen LogP contribution in [0.3, 0.4) is 0 Å². The lowest BCUT2D eigenvalue weighted by Gasteiger charge is -2.37. The number of carbonyl (C=O) groups excluding carboxylic acids is 1. The average molecular weight is 342 g/mol. The first-order chi connectivity index (χ1) is 10.1. The van der Waals surface area contributed by atoms with E-state index >= 15 is 0 Å². The van der Waals surface area contributed by atoms with Gasteiger partial charge in [0.2, 0.25) is 0 Å². The molecule has 0 aliphatic carbocycles. The monoisotopic (exact) mass is 341 g/mol. The van der Waals surface area contributed by atoms with E-state index in [1.54, 1.807) is 6.07 Å². The fraction of sp³-hybridized carbons (Fsp3) is 0.562. The highest BCUT2D eigenvalue weighted by molar-refractivity contribution is 6.74. The molecule has 0 radical (unpaired) electrons. The van der Waals surface area contributed by atoms with Gasteiger partial charge in [-0.3, -0.25) is 0 Å². The van der Waals surface area contributed by atoms with Crippen LogP contribution < -0.4 is 5.32 Å². The van der Waals surface area contributed by atoms with Crippen LogP contribution >= 0.6 is 11.6 Å². The number of benzene rings is 1. The van der Waals surface area contributed by atoms with Gasteiger partial charge in [0.05, 0.1) is 12.6 Å². The zero-order chi connectivity index (χ0) is 16.5. The van der Waals surface area contributed by atoms with Gasteiger partial charge in [0.1, 0.15) is 0 Å². The lowest BCUT2D eigenvalue weighted by molar-refractivity contribution is 0.120. The number of nitrogens with one attached hydrogen (secondary N) is 1. The molecular weight excluding hydrogens is 318 g/mol. The highest BCUT2D eigenvalue weighted by atomic mass is 35.5. The first kappa shape index (κ1) is 17.3. The molecule has 0 bridgehead atoms. The van der Waals surface area contributed by atoms with Crippen LogP contribution in [-0.4, -0.2) is 27.1 Å². The topological polar surface area (TPSA) is 47.6 Å². The quantitative estimate of drug-likeness (QED) is 0.819. The number of hydrogen-bond acceptors (Lipinski definition) is 3. The summed E-state index contributed by atoms with van der Waals surface area (Å²) in [5.74, 6) is 0. The highest BCUT2D eigenvalue weighted by Crippen LogP contribution is 2.37. The van der Waals surface area contributed by atoms with Crippen molar-refractivity contribution in [3.8, 4) is 0 Å². The lowest BCUT2D eigenvalue weighted by Crippen LogP contribution is -2.45. The Kier molecular flexibility index (Phi) is 4.89. The highest BCUT2D eigenvalue weighted by Gasteiger charge is 2.41. The minimum atomic E-state index is -1.87. The molecule has 1 saturated heterocycles. The maximum absolute atomic E-state index is 11.6. The second kappa shape index (κ2) is 6.22. The van der Waals surface area contributed by atoms with Crippen molar-refractivity contribution in [2.45, 2.75) is 51.0 Å². The molecule has 0 aromatic heterocycles. The summed E-state index contributed by atoms with van der Waals surface area (Å²) >= 11 is 6.03. The van der Waals surface area contributed by atoms with Crippen LogP contribution in [0.2, 0.25) is 23.2 Å². The summed E-state index contributed by atoms with van der Waals surface area (Å²) in [5, 5.41) is 3.60. The van der Waals surface area contributed by atoms with E-state index in [0.717, 1.165) is 5.56 Å². The molecule has 1 aromatic rings. The smallest absolute Gasteiger partial charge is 0.408 e. The zero-order valence-corrected chi connectivity index (χ0v) is 15.5. The van der Waals surface area contributed by atoms with Crippen molar-refractivity contribution < 1.29 is 14.0 Å². The van der Waals surface area contributed by atoms with Crippen molar-refractivity contribution in [1.82, 2.24) is 5.32 Å². The standard InChI is InChI=1S/C16H24ClNO3Si/c1-16(2,3)22(4,5)20-10-13-14(21-15(19)18-13)11-7-6-8-12(17)9-11/h6-9,13-14H,10H2,1-5H3,(H,18,19)/t13-,14-/m1/s1. The third kappa shape index (κ3) is 3.83. The largest absolute Gasteiger partial charge is 0.439 e. The van der Waals surface area contributed by atoms with Crippen LogP contribution in [0.5, 0.6) is 0 Å². The molecule has 1 heterocycles. The fourth-order valence-electron chi connectivity index (χ4n) is 2.09. The number of ether oxygens (including phenoxy) is 1. The average Bonchev–Trinajstić information content (AvgIpc) is 2.76. The van der Waals surface area contributed by atoms with Crippen molar-refractivity contribution >= 4 is 26.0 Å². The number of cyclic esters (lactones) is 1. The Morgan fingerprint density at radius 2 is 2.05 bits per heavy atom. The molecule has 0 saturated carbocycles. The third-order valence-electron chi connectivity index (χ3n) is 4.51. The second-order valence-corrected chi connectivity index (χ2v) is 12.4. The van der Waals surface area contributed by atoms with Crippen LogP contribution in [0.15, 0.2) is 24.3 Å². The van der Waals surface area contributed by atoms with Gasteiger partial charge in [0, 0.05) is 5.02 Å². The normalized spacial score (nSPS) is 22.4. The van der Waals surface area contributed by atoms with Gasteiger partial charge in [-0.15, -0.1) is 0 Å². The summed E-state index contributed by atoms with van der Waals surface area (Å²) in [6, 6.07) is 7.20. The van der Waals surface area contributed by atoms with Crippen molar-refractivity contribution in [1.29, 1.82) is 0 Å². The number of hydrogen-bond donors (Lipinski definition) is 1. The van der Waals surface area contributed by atoms with Crippen LogP contribution in [0.4, 0.5) is 4.79 Å². The van der Waals surface area contributed by atoms with E-state index in [0.29, 0.717) is 11.6 Å². The summed E-state index contributed by atoms with van der Waals surface area (Å²) < 4.78 is 11.6. The van der Waals surface area contributed by atoms with Gasteiger partial charge in [0.25, 0.3) is 0 Å². The Hall–Kier alpha value is -1.04. The van der Waals surface area contributed by atoms with E-state index in [-0.39, 0.29) is 17.2 Å². The van der Waals surface area contributed by atoms with E-state index in [4.69, 9.17) is 20.8 Å². The second-order valence-electron chi connectivity index (χ2n) is 7.20. The molecule has 1 aliphatic heterocycles. The Morgan fingerprint density at radius 1 is 1.36 bits per heavy atom. The molecule has 1 aliphatic rings. The zero-order valence-electron chi connectivity index (χ0n) is 13.8. The molecule has 1 aromatic carbocycles. The molecular formula is C16H24ClNO3Si. The van der Waals surface area contributed by atoms with Gasteiger partial charge in [0.15, 0.2) is 14.4 Å². The predicted molar refractivity (Wildman–Crippen MR) is 90.7 cm³/mol. The Labute approximate surface area is 138 Å². The van der Waals surface area contributed by atoms with E-state index in [1.165, 1.54) is 0 Å². The summed E-state index contributed by atoms with van der Waals surface area (Å²) in [7, 11) is -1.87. The minimum absolute atomic E-state index is 0.127. The van der Waals surface area contributed by atoms with Gasteiger partial charge in [-0.2, -0.15) is 0 Å². The van der Waals surface area contributed by atoms with Crippen LogP contribution in [0.1, 0.15) is 32.4 Å². The van der Waals surface area contributed by atoms with Crippen molar-refractivity contribution in [3.05, 3.63) is 34.9 Å². The molecule has 2 rings (SSSR count). The van der Waals surface area contributed by atoms with Gasteiger partial charge >= 0.3 is 6.09 Å². The van der Waals surface area contributed by atoms with Crippen molar-refractivity contribution in [2.24, 2.45) is 0 Å². The first-order valence-electron chi connectivity index (χ1n) is 7.47. The van der Waals surface area contributed by atoms with Gasteiger partial charge < -0.3 is 14.5 Å². The van der Waals surface area contributed by atoms with Crippen LogP contribution in [0.25, 0.3) is 0 Å². The van der Waals surface area contributed by atoms with Crippen molar-refractivity contribution in [3.63, 3.8) is 0 Å². The minimum Gasteiger partial charge on any atom is -0.439 e. The SMILES string of the molecule is CC(C)(C)[Si](C)(C)OC[C@H]1NC(=O)O[C@@H]1c1cccc(Cl)c1. The molecule has 2 atom stereocenters. The Morgan fingerprint density at radius 3 is 2.64 bits per heavy atom. The molecule has 122 valence electrons. The molecule has 6 heteroatoms. The van der Waals surface area contributed by atoms with Gasteiger partial charge in [-0.1, -0.05) is 44.5 Å². The Bertz CT molecular complexity index is 557. The van der Waals surface area contributed by atoms with E-state index in [1.807, 2.05) is 18.2 Å². The van der Waals surface area contributed by atoms with Crippen LogP contribution in [-0.2, 0) is 9.16 Å². The molecule has 0 spiro atoms. The van der Waals surface area contributed by atoms with E-state index in [9.17, 15) is 4.79 Å². The molecule has 4 nitrogen and oxygen atoms in total. The maximum Gasteiger partial charge on any atom is 0.408 e. The van der Waals surface area contributed by atoms with E-state index < -0.39 is 14.4 Å². The first-order valence-corrected chi connectivity index (χ1v) is 10.8. The summed E-state index contributed by atoms with van der Waals surface area (Å²) in [5.41, 5.74) is 0.884. The van der Waals surface area contributed by atoms with Crippen LogP contribution in [0, 0.1) is 0 Å². The number of rotatable bonds is 4. The fourth-order valence-corrected chi connectivity index (χ4v) is 3.31. The van der Waals surface area contributed by atoms with Crippen molar-refractivity contribution in [2.75, 3.05) is 6.61 Å². The summed E-state index contributed by atoms with van der Waals surface area (Å²) in [4.78, 5) is 11.6. The summed E-state index contributed by atoms with van der Waals surface area (Å²) in [6.45, 7) is 11.4. The number of alkyl carbamates (subject to hydrolysis) is 1. The molecule has 1 N–H and O–H groups in total. The number of halogens is 1. The van der Waals surface area contributed by atoms with Gasteiger partial charge in [-0.25, -0.2) is 4.79 Å². The number of amides is 1. The Balaban J connectivity index is 2.11. The lowest BCUT2D eigenvalue weighted by atomic mass is 10.0. The maximum atomic E-state index is 11.6. The number of carbonyl (C=O) groups is 1. The summed E-state index contributed by atoms with van der Waals surface area (Å²) in [6.07, 6.45) is -0.773. The molecule has 22 heavy (non-hydrogen) atoms. The van der Waals surface area contributed by atoms with Gasteiger partial charge in [-0.05, 0) is 35.8 Å². The third-order valence-corrected chi connectivity index (χ3v) is 9.25. The molecule has 0 unspecified atom stereocenters. The molecule has 1 amide bonds. The van der Waals surface area contributed by atoms with E-state index in [2.05, 4.69) is 39.2 Å². The predicted octanol–water partition coefficient (Wildman–Crippen LogP) is 4.51.